The summed E-state index contributed by atoms with van der Waals surface area (Å²) in [6, 6.07) is 8.23. The summed E-state index contributed by atoms with van der Waals surface area (Å²) in [5.74, 6) is 0.565. The molecule has 0 bridgehead atoms. The molecule has 0 saturated heterocycles. The summed E-state index contributed by atoms with van der Waals surface area (Å²) in [6.45, 7) is 8.97. The van der Waals surface area contributed by atoms with Crippen molar-refractivity contribution in [2.75, 3.05) is 26.4 Å². The van der Waals surface area contributed by atoms with Gasteiger partial charge in [0.1, 0.15) is 19.0 Å². The van der Waals surface area contributed by atoms with Crippen molar-refractivity contribution in [1.82, 2.24) is 0 Å². The van der Waals surface area contributed by atoms with Crippen LogP contribution >= 0.6 is 0 Å². The number of aryl methyl sites for hydroxylation is 1. The zero-order valence-corrected chi connectivity index (χ0v) is 17.1. The Balaban J connectivity index is 2.14. The average Bonchev–Trinajstić information content (AvgIpc) is 2.67. The van der Waals surface area contributed by atoms with E-state index in [1.807, 2.05) is 12.1 Å². The van der Waals surface area contributed by atoms with E-state index in [1.54, 1.807) is 6.92 Å². The van der Waals surface area contributed by atoms with Crippen LogP contribution in [0.4, 0.5) is 0 Å². The molecule has 1 aromatic rings. The van der Waals surface area contributed by atoms with Crippen LogP contribution in [0.5, 0.6) is 5.75 Å². The molecule has 0 aliphatic carbocycles. The second-order valence-corrected chi connectivity index (χ2v) is 6.86. The Morgan fingerprint density at radius 3 is 2.33 bits per heavy atom. The third-order valence-electron chi connectivity index (χ3n) is 4.32. The van der Waals surface area contributed by atoms with Gasteiger partial charge < -0.3 is 14.2 Å². The quantitative estimate of drug-likeness (QED) is 0.217. The Kier molecular flexibility index (Phi) is 13.1. The van der Waals surface area contributed by atoms with Gasteiger partial charge in [-0.25, -0.2) is 4.79 Å². The highest BCUT2D eigenvalue weighted by Gasteiger charge is 2.04. The number of esters is 1. The third kappa shape index (κ3) is 11.5. The number of rotatable bonds is 16. The number of unbranched alkanes of at least 4 members (excludes halogenated alkanes) is 6. The number of hydrogen-bond donors (Lipinski definition) is 0. The molecule has 27 heavy (non-hydrogen) atoms. The molecule has 0 heterocycles. The summed E-state index contributed by atoms with van der Waals surface area (Å²) in [6.07, 6.45) is 10.2. The Labute approximate surface area is 164 Å². The van der Waals surface area contributed by atoms with Gasteiger partial charge in [-0.1, -0.05) is 70.2 Å². The number of para-hydroxylation sites is 1. The van der Waals surface area contributed by atoms with Crippen molar-refractivity contribution in [1.29, 1.82) is 0 Å². The lowest BCUT2D eigenvalue weighted by molar-refractivity contribution is -0.140. The first-order chi connectivity index (χ1) is 13.1. The second kappa shape index (κ2) is 15.3. The molecule has 0 aromatic heterocycles. The lowest BCUT2D eigenvalue weighted by Crippen LogP contribution is -2.14. The fourth-order valence-electron chi connectivity index (χ4n) is 2.75. The van der Waals surface area contributed by atoms with Crippen LogP contribution in [-0.4, -0.2) is 32.4 Å². The van der Waals surface area contributed by atoms with Gasteiger partial charge in [-0.05, 0) is 31.4 Å². The fraction of sp³-hybridized carbons (Fsp3) is 0.609. The largest absolute Gasteiger partial charge is 0.491 e. The van der Waals surface area contributed by atoms with Crippen molar-refractivity contribution in [3.63, 3.8) is 0 Å². The van der Waals surface area contributed by atoms with Gasteiger partial charge in [0.15, 0.2) is 0 Å². The number of hydrogen-bond acceptors (Lipinski definition) is 4. The van der Waals surface area contributed by atoms with Gasteiger partial charge in [-0.15, -0.1) is 0 Å². The average molecular weight is 377 g/mol. The van der Waals surface area contributed by atoms with E-state index < -0.39 is 0 Å². The van der Waals surface area contributed by atoms with Gasteiger partial charge >= 0.3 is 5.97 Å². The highest BCUT2D eigenvalue weighted by Crippen LogP contribution is 2.21. The van der Waals surface area contributed by atoms with Crippen molar-refractivity contribution in [3.05, 3.63) is 42.0 Å². The molecule has 0 fully saturated rings. The minimum absolute atomic E-state index is 0.237. The summed E-state index contributed by atoms with van der Waals surface area (Å²) in [7, 11) is 0. The molecule has 0 aliphatic rings. The zero-order valence-electron chi connectivity index (χ0n) is 17.1. The smallest absolute Gasteiger partial charge is 0.333 e. The molecular weight excluding hydrogens is 340 g/mol. The first-order valence-electron chi connectivity index (χ1n) is 10.3. The van der Waals surface area contributed by atoms with Crippen LogP contribution in [0.15, 0.2) is 36.4 Å². The maximum Gasteiger partial charge on any atom is 0.333 e. The lowest BCUT2D eigenvalue weighted by atomic mass is 10.0. The molecule has 152 valence electrons. The van der Waals surface area contributed by atoms with Gasteiger partial charge in [0.25, 0.3) is 0 Å². The van der Waals surface area contributed by atoms with Crippen molar-refractivity contribution in [2.45, 2.75) is 65.2 Å². The Morgan fingerprint density at radius 2 is 1.59 bits per heavy atom. The van der Waals surface area contributed by atoms with Gasteiger partial charge in [0.05, 0.1) is 13.2 Å². The van der Waals surface area contributed by atoms with E-state index in [0.29, 0.717) is 25.4 Å². The lowest BCUT2D eigenvalue weighted by Gasteiger charge is -2.12. The molecule has 0 N–H and O–H groups in total. The summed E-state index contributed by atoms with van der Waals surface area (Å²) in [5, 5.41) is 0. The molecule has 0 spiro atoms. The van der Waals surface area contributed by atoms with E-state index in [9.17, 15) is 4.79 Å². The number of carbonyl (C=O) groups excluding carboxylic acids is 1. The van der Waals surface area contributed by atoms with E-state index in [2.05, 4.69) is 25.6 Å². The summed E-state index contributed by atoms with van der Waals surface area (Å²) in [4.78, 5) is 11.2. The van der Waals surface area contributed by atoms with Crippen LogP contribution in [0.25, 0.3) is 0 Å². The summed E-state index contributed by atoms with van der Waals surface area (Å²) >= 11 is 0. The number of ether oxygens (including phenoxy) is 3. The highest BCUT2D eigenvalue weighted by atomic mass is 16.6. The van der Waals surface area contributed by atoms with E-state index >= 15 is 0 Å². The standard InChI is InChI=1S/C23H36O4/c1-4-5-6-7-8-9-10-13-21-14-11-12-15-22(21)26-18-16-25-17-19-27-23(24)20(2)3/h11-12,14-15H,2,4-10,13,16-19H2,1,3H3. The van der Waals surface area contributed by atoms with Crippen LogP contribution in [-0.2, 0) is 20.7 Å². The maximum absolute atomic E-state index is 11.2. The molecule has 0 atom stereocenters. The Morgan fingerprint density at radius 1 is 0.926 bits per heavy atom. The van der Waals surface area contributed by atoms with Gasteiger partial charge in [0.2, 0.25) is 0 Å². The monoisotopic (exact) mass is 376 g/mol. The predicted octanol–water partition coefficient (Wildman–Crippen LogP) is 5.49. The third-order valence-corrected chi connectivity index (χ3v) is 4.32. The molecule has 0 radical (unpaired) electrons. The molecule has 4 nitrogen and oxygen atoms in total. The van der Waals surface area contributed by atoms with Crippen LogP contribution in [0, 0.1) is 0 Å². The van der Waals surface area contributed by atoms with E-state index in [0.717, 1.165) is 12.2 Å². The summed E-state index contributed by atoms with van der Waals surface area (Å²) < 4.78 is 16.3. The molecule has 0 aliphatic heterocycles. The Bertz CT molecular complexity index is 539. The molecular formula is C23H36O4. The Hall–Kier alpha value is -1.81. The van der Waals surface area contributed by atoms with E-state index in [4.69, 9.17) is 14.2 Å². The molecule has 4 heteroatoms. The van der Waals surface area contributed by atoms with Crippen LogP contribution in [0.1, 0.15) is 64.4 Å². The van der Waals surface area contributed by atoms with Crippen molar-refractivity contribution in [2.24, 2.45) is 0 Å². The maximum atomic E-state index is 11.2. The molecule has 0 saturated carbocycles. The van der Waals surface area contributed by atoms with Crippen LogP contribution < -0.4 is 4.74 Å². The fourth-order valence-corrected chi connectivity index (χ4v) is 2.75. The van der Waals surface area contributed by atoms with Crippen molar-refractivity contribution < 1.29 is 19.0 Å². The minimum Gasteiger partial charge on any atom is -0.491 e. The normalized spacial score (nSPS) is 10.6. The first-order valence-corrected chi connectivity index (χ1v) is 10.3. The predicted molar refractivity (Wildman–Crippen MR) is 110 cm³/mol. The van der Waals surface area contributed by atoms with Gasteiger partial charge in [-0.2, -0.15) is 0 Å². The SMILES string of the molecule is C=C(C)C(=O)OCCOCCOc1ccccc1CCCCCCCCC. The molecule has 0 unspecified atom stereocenters. The van der Waals surface area contributed by atoms with Gasteiger partial charge in [0, 0.05) is 5.57 Å². The van der Waals surface area contributed by atoms with Gasteiger partial charge in [-0.3, -0.25) is 0 Å². The zero-order chi connectivity index (χ0) is 19.7. The topological polar surface area (TPSA) is 44.8 Å². The van der Waals surface area contributed by atoms with E-state index in [-0.39, 0.29) is 12.6 Å². The van der Waals surface area contributed by atoms with Crippen LogP contribution in [0.2, 0.25) is 0 Å². The van der Waals surface area contributed by atoms with Crippen molar-refractivity contribution >= 4 is 5.97 Å². The van der Waals surface area contributed by atoms with Crippen LogP contribution in [0.3, 0.4) is 0 Å². The first kappa shape index (κ1) is 23.2. The molecule has 0 amide bonds. The molecule has 1 aromatic carbocycles. The van der Waals surface area contributed by atoms with Crippen molar-refractivity contribution in [3.8, 4) is 5.75 Å². The minimum atomic E-state index is -0.380. The number of benzene rings is 1. The molecule has 1 rings (SSSR count). The summed E-state index contributed by atoms with van der Waals surface area (Å²) in [5.41, 5.74) is 1.66. The van der Waals surface area contributed by atoms with E-state index in [1.165, 1.54) is 50.5 Å². The second-order valence-electron chi connectivity index (χ2n) is 6.86. The number of carbonyl (C=O) groups is 1. The highest BCUT2D eigenvalue weighted by molar-refractivity contribution is 5.86.